The minimum absolute atomic E-state index is 0.0585. The lowest BCUT2D eigenvalue weighted by Gasteiger charge is -2.32. The quantitative estimate of drug-likeness (QED) is 0.601. The maximum atomic E-state index is 13.4. The molecule has 1 aliphatic carbocycles. The lowest BCUT2D eigenvalue weighted by atomic mass is 9.84. The normalized spacial score (nSPS) is 14.5. The highest BCUT2D eigenvalue weighted by molar-refractivity contribution is 6.00. The Hall–Kier alpha value is -2.93. The van der Waals surface area contributed by atoms with Crippen molar-refractivity contribution in [2.45, 2.75) is 45.6 Å². The third-order valence-corrected chi connectivity index (χ3v) is 6.14. The number of benzene rings is 2. The first kappa shape index (κ1) is 23.7. The second-order valence-corrected chi connectivity index (χ2v) is 9.09. The van der Waals surface area contributed by atoms with Crippen molar-refractivity contribution in [3.8, 4) is 28.7 Å². The van der Waals surface area contributed by atoms with Gasteiger partial charge in [0.1, 0.15) is 5.75 Å². The van der Waals surface area contributed by atoms with Crippen molar-refractivity contribution in [2.24, 2.45) is 11.1 Å². The van der Waals surface area contributed by atoms with Crippen molar-refractivity contribution < 1.29 is 23.7 Å². The van der Waals surface area contributed by atoms with E-state index < -0.39 is 0 Å². The topological polar surface area (TPSA) is 92.0 Å². The second kappa shape index (κ2) is 9.28. The minimum Gasteiger partial charge on any atom is -0.492 e. The van der Waals surface area contributed by atoms with E-state index in [-0.39, 0.29) is 16.9 Å². The molecule has 0 spiro atoms. The molecule has 3 N–H and O–H groups in total. The van der Waals surface area contributed by atoms with E-state index in [2.05, 4.69) is 26.1 Å². The van der Waals surface area contributed by atoms with Gasteiger partial charge in [0.15, 0.2) is 11.5 Å². The van der Waals surface area contributed by atoms with E-state index in [1.54, 1.807) is 6.07 Å². The summed E-state index contributed by atoms with van der Waals surface area (Å²) in [5, 5.41) is 3.22. The number of hydrogen-bond donors (Lipinski definition) is 2. The lowest BCUT2D eigenvalue weighted by Crippen LogP contribution is -2.46. The van der Waals surface area contributed by atoms with Crippen LogP contribution >= 0.6 is 0 Å². The van der Waals surface area contributed by atoms with Crippen LogP contribution in [0.2, 0.25) is 0 Å². The lowest BCUT2D eigenvalue weighted by molar-refractivity contribution is 0.0884. The van der Waals surface area contributed by atoms with Crippen LogP contribution in [0.1, 0.15) is 49.5 Å². The highest BCUT2D eigenvalue weighted by Crippen LogP contribution is 2.51. The molecule has 1 aliphatic rings. The van der Waals surface area contributed by atoms with Crippen molar-refractivity contribution in [2.75, 3.05) is 27.9 Å². The molecule has 0 heterocycles. The summed E-state index contributed by atoms with van der Waals surface area (Å²) >= 11 is 0. The standard InChI is InChI=1S/C25H34N2O5/c1-24(2,3)25(12-13-25)27-23(28)18-15-19(21(30-5)22(31-6)20(18)29-4)32-17-9-7-16(8-10-17)11-14-26/h7-10,15H,11-14,26H2,1-6H3,(H,27,28). The van der Waals surface area contributed by atoms with Gasteiger partial charge in [-0.1, -0.05) is 32.9 Å². The average molecular weight is 443 g/mol. The van der Waals surface area contributed by atoms with Gasteiger partial charge in [-0.3, -0.25) is 4.79 Å². The van der Waals surface area contributed by atoms with Crippen LogP contribution in [0.15, 0.2) is 30.3 Å². The van der Waals surface area contributed by atoms with Crippen molar-refractivity contribution in [3.05, 3.63) is 41.5 Å². The Bertz CT molecular complexity index is 960. The monoisotopic (exact) mass is 442 g/mol. The number of hydrogen-bond acceptors (Lipinski definition) is 6. The summed E-state index contributed by atoms with van der Waals surface area (Å²) < 4.78 is 22.8. The first-order valence-electron chi connectivity index (χ1n) is 10.8. The molecule has 0 bridgehead atoms. The van der Waals surface area contributed by atoms with E-state index in [1.807, 2.05) is 24.3 Å². The molecule has 1 fully saturated rings. The molecule has 1 saturated carbocycles. The fourth-order valence-corrected chi connectivity index (χ4v) is 3.92. The van der Waals surface area contributed by atoms with Gasteiger partial charge in [0.25, 0.3) is 5.91 Å². The molecular weight excluding hydrogens is 408 g/mol. The van der Waals surface area contributed by atoms with Gasteiger partial charge in [-0.15, -0.1) is 0 Å². The van der Waals surface area contributed by atoms with Gasteiger partial charge in [0.2, 0.25) is 11.5 Å². The van der Waals surface area contributed by atoms with Crippen LogP contribution in [0, 0.1) is 5.41 Å². The predicted octanol–water partition coefficient (Wildman–Crippen LogP) is 4.31. The van der Waals surface area contributed by atoms with Crippen LogP contribution in [0.5, 0.6) is 28.7 Å². The largest absolute Gasteiger partial charge is 0.492 e. The van der Waals surface area contributed by atoms with Crippen molar-refractivity contribution in [3.63, 3.8) is 0 Å². The first-order valence-corrected chi connectivity index (χ1v) is 10.8. The number of carbonyl (C=O) groups excluding carboxylic acids is 1. The predicted molar refractivity (Wildman–Crippen MR) is 124 cm³/mol. The van der Waals surface area contributed by atoms with E-state index in [4.69, 9.17) is 24.7 Å². The maximum absolute atomic E-state index is 13.4. The van der Waals surface area contributed by atoms with Crippen LogP contribution in [0.4, 0.5) is 0 Å². The summed E-state index contributed by atoms with van der Waals surface area (Å²) in [5.74, 6) is 1.69. The number of nitrogens with two attached hydrogens (primary N) is 1. The van der Waals surface area contributed by atoms with Gasteiger partial charge < -0.3 is 30.0 Å². The maximum Gasteiger partial charge on any atom is 0.255 e. The van der Waals surface area contributed by atoms with Gasteiger partial charge in [-0.25, -0.2) is 0 Å². The van der Waals surface area contributed by atoms with Crippen LogP contribution in [0.3, 0.4) is 0 Å². The van der Waals surface area contributed by atoms with Gasteiger partial charge in [-0.05, 0) is 48.9 Å². The number of methoxy groups -OCH3 is 3. The SMILES string of the molecule is COc1c(Oc2ccc(CCN)cc2)cc(C(=O)NC2(C(C)(C)C)CC2)c(OC)c1OC. The molecule has 7 nitrogen and oxygen atoms in total. The Kier molecular flexibility index (Phi) is 6.88. The smallest absolute Gasteiger partial charge is 0.255 e. The molecule has 174 valence electrons. The molecule has 0 radical (unpaired) electrons. The fraction of sp³-hybridized carbons (Fsp3) is 0.480. The third kappa shape index (κ3) is 4.63. The number of nitrogens with one attached hydrogen (secondary N) is 1. The van der Waals surface area contributed by atoms with Gasteiger partial charge in [0.05, 0.1) is 26.9 Å². The van der Waals surface area contributed by atoms with Crippen molar-refractivity contribution >= 4 is 5.91 Å². The third-order valence-electron chi connectivity index (χ3n) is 6.14. The summed E-state index contributed by atoms with van der Waals surface area (Å²) in [7, 11) is 4.53. The molecule has 0 saturated heterocycles. The van der Waals surface area contributed by atoms with Crippen LogP contribution in [0.25, 0.3) is 0 Å². The fourth-order valence-electron chi connectivity index (χ4n) is 3.92. The zero-order chi connectivity index (χ0) is 23.5. The number of rotatable bonds is 9. The van der Waals surface area contributed by atoms with E-state index in [0.717, 1.165) is 24.8 Å². The Morgan fingerprint density at radius 3 is 2.06 bits per heavy atom. The van der Waals surface area contributed by atoms with Crippen LogP contribution < -0.4 is 30.0 Å². The van der Waals surface area contributed by atoms with Crippen LogP contribution in [-0.4, -0.2) is 39.3 Å². The van der Waals surface area contributed by atoms with Gasteiger partial charge >= 0.3 is 0 Å². The molecule has 2 aromatic rings. The Morgan fingerprint density at radius 2 is 1.59 bits per heavy atom. The summed E-state index contributed by atoms with van der Waals surface area (Å²) in [4.78, 5) is 13.4. The molecule has 1 amide bonds. The molecular formula is C25H34N2O5. The summed E-state index contributed by atoms with van der Waals surface area (Å²) in [6.45, 7) is 6.98. The van der Waals surface area contributed by atoms with E-state index in [9.17, 15) is 4.79 Å². The Balaban J connectivity index is 2.01. The number of carbonyl (C=O) groups is 1. The Labute approximate surface area is 190 Å². The zero-order valence-corrected chi connectivity index (χ0v) is 19.8. The highest BCUT2D eigenvalue weighted by Gasteiger charge is 2.53. The molecule has 32 heavy (non-hydrogen) atoms. The molecule has 0 atom stereocenters. The van der Waals surface area contributed by atoms with Crippen molar-refractivity contribution in [1.29, 1.82) is 0 Å². The zero-order valence-electron chi connectivity index (χ0n) is 19.8. The highest BCUT2D eigenvalue weighted by atomic mass is 16.5. The van der Waals surface area contributed by atoms with E-state index in [1.165, 1.54) is 21.3 Å². The molecule has 0 aromatic heterocycles. The van der Waals surface area contributed by atoms with Gasteiger partial charge in [0, 0.05) is 11.6 Å². The van der Waals surface area contributed by atoms with Crippen molar-refractivity contribution in [1.82, 2.24) is 5.32 Å². The van der Waals surface area contributed by atoms with Crippen LogP contribution in [-0.2, 0) is 6.42 Å². The molecule has 7 heteroatoms. The summed E-state index contributed by atoms with van der Waals surface area (Å²) in [6.07, 6.45) is 2.67. The average Bonchev–Trinajstić information content (AvgIpc) is 3.55. The first-order chi connectivity index (χ1) is 15.2. The Morgan fingerprint density at radius 1 is 1.00 bits per heavy atom. The number of ether oxygens (including phenoxy) is 4. The van der Waals surface area contributed by atoms with E-state index >= 15 is 0 Å². The van der Waals surface area contributed by atoms with Gasteiger partial charge in [-0.2, -0.15) is 0 Å². The number of amides is 1. The molecule has 2 aromatic carbocycles. The summed E-state index contributed by atoms with van der Waals surface area (Å²) in [5.41, 5.74) is 6.79. The minimum atomic E-state index is -0.238. The molecule has 0 aliphatic heterocycles. The summed E-state index contributed by atoms with van der Waals surface area (Å²) in [6, 6.07) is 9.29. The molecule has 3 rings (SSSR count). The van der Waals surface area contributed by atoms with E-state index in [0.29, 0.717) is 40.9 Å². The second-order valence-electron chi connectivity index (χ2n) is 9.09. The molecule has 0 unspecified atom stereocenters.